The van der Waals surface area contributed by atoms with Gasteiger partial charge < -0.3 is 14.3 Å². The Morgan fingerprint density at radius 2 is 1.72 bits per heavy atom. The highest BCUT2D eigenvalue weighted by Gasteiger charge is 2.25. The lowest BCUT2D eigenvalue weighted by Gasteiger charge is -2.34. The quantitative estimate of drug-likeness (QED) is 0.737. The van der Waals surface area contributed by atoms with Crippen molar-refractivity contribution < 1.29 is 9.32 Å². The molecule has 1 aliphatic rings. The van der Waals surface area contributed by atoms with Gasteiger partial charge in [0, 0.05) is 44.0 Å². The molecule has 4 rings (SSSR count). The fraction of sp³-hybridized carbons (Fsp3) is 0.211. The molecule has 126 valence electrons. The lowest BCUT2D eigenvalue weighted by atomic mass is 10.1. The Morgan fingerprint density at radius 3 is 2.44 bits per heavy atom. The minimum atomic E-state index is -0.0911. The molecule has 3 aromatic rings. The molecule has 6 heteroatoms. The van der Waals surface area contributed by atoms with E-state index in [1.807, 2.05) is 53.4 Å². The van der Waals surface area contributed by atoms with E-state index in [1.165, 1.54) is 0 Å². The zero-order valence-electron chi connectivity index (χ0n) is 13.7. The van der Waals surface area contributed by atoms with E-state index < -0.39 is 0 Å². The average molecular weight is 334 g/mol. The van der Waals surface area contributed by atoms with E-state index in [1.54, 1.807) is 12.3 Å². The first-order chi connectivity index (χ1) is 12.3. The monoisotopic (exact) mass is 334 g/mol. The number of nitrogens with zero attached hydrogens (tertiary/aromatic N) is 4. The summed E-state index contributed by atoms with van der Waals surface area (Å²) >= 11 is 0. The molecule has 25 heavy (non-hydrogen) atoms. The van der Waals surface area contributed by atoms with Crippen molar-refractivity contribution in [2.24, 2.45) is 0 Å². The topological polar surface area (TPSA) is 62.5 Å². The molecule has 1 amide bonds. The molecule has 0 atom stereocenters. The van der Waals surface area contributed by atoms with E-state index in [9.17, 15) is 4.79 Å². The van der Waals surface area contributed by atoms with Crippen LogP contribution >= 0.6 is 0 Å². The molecule has 0 unspecified atom stereocenters. The van der Waals surface area contributed by atoms with Gasteiger partial charge in [-0.3, -0.25) is 4.79 Å². The summed E-state index contributed by atoms with van der Waals surface area (Å²) in [5.74, 6) is 1.46. The summed E-state index contributed by atoms with van der Waals surface area (Å²) in [6.45, 7) is 2.80. The third kappa shape index (κ3) is 3.24. The van der Waals surface area contributed by atoms with Crippen molar-refractivity contribution in [3.05, 3.63) is 66.5 Å². The molecule has 0 saturated carbocycles. The molecule has 0 spiro atoms. The minimum Gasteiger partial charge on any atom is -0.355 e. The van der Waals surface area contributed by atoms with E-state index in [0.717, 1.165) is 24.5 Å². The van der Waals surface area contributed by atoms with E-state index >= 15 is 0 Å². The van der Waals surface area contributed by atoms with Gasteiger partial charge in [-0.05, 0) is 12.1 Å². The van der Waals surface area contributed by atoms with Gasteiger partial charge in [-0.2, -0.15) is 0 Å². The van der Waals surface area contributed by atoms with Gasteiger partial charge in [0.15, 0.2) is 11.5 Å². The fourth-order valence-corrected chi connectivity index (χ4v) is 2.96. The number of anilines is 1. The van der Waals surface area contributed by atoms with Gasteiger partial charge >= 0.3 is 0 Å². The number of hydrogen-bond acceptors (Lipinski definition) is 5. The maximum atomic E-state index is 12.7. The van der Waals surface area contributed by atoms with Crippen LogP contribution in [0.4, 0.5) is 5.82 Å². The molecule has 2 aromatic heterocycles. The third-order valence-corrected chi connectivity index (χ3v) is 4.33. The number of amides is 1. The van der Waals surface area contributed by atoms with Crippen molar-refractivity contribution in [1.82, 2.24) is 15.0 Å². The molecule has 1 saturated heterocycles. The number of aromatic nitrogens is 2. The molecule has 3 heterocycles. The van der Waals surface area contributed by atoms with Crippen molar-refractivity contribution in [2.45, 2.75) is 0 Å². The van der Waals surface area contributed by atoms with Gasteiger partial charge in [-0.25, -0.2) is 4.98 Å². The minimum absolute atomic E-state index is 0.0911. The van der Waals surface area contributed by atoms with Crippen LogP contribution in [0, 0.1) is 0 Å². The molecule has 0 aliphatic carbocycles. The van der Waals surface area contributed by atoms with Crippen molar-refractivity contribution in [3.63, 3.8) is 0 Å². The Bertz CT molecular complexity index is 840. The van der Waals surface area contributed by atoms with Gasteiger partial charge in [0.2, 0.25) is 0 Å². The van der Waals surface area contributed by atoms with Gasteiger partial charge in [0.25, 0.3) is 5.91 Å². The average Bonchev–Trinajstić information content (AvgIpc) is 3.19. The SMILES string of the molecule is O=C(c1cc(-c2ccccc2)on1)N1CCN(c2ccccn2)CC1. The molecule has 0 radical (unpaired) electrons. The van der Waals surface area contributed by atoms with Gasteiger partial charge in [-0.15, -0.1) is 0 Å². The van der Waals surface area contributed by atoms with Crippen LogP contribution in [0.3, 0.4) is 0 Å². The largest absolute Gasteiger partial charge is 0.355 e. The second-order valence-corrected chi connectivity index (χ2v) is 5.91. The second-order valence-electron chi connectivity index (χ2n) is 5.91. The lowest BCUT2D eigenvalue weighted by Crippen LogP contribution is -2.49. The summed E-state index contributed by atoms with van der Waals surface area (Å²) in [6.07, 6.45) is 1.79. The predicted molar refractivity (Wildman–Crippen MR) is 94.3 cm³/mol. The number of pyridine rings is 1. The molecular weight excluding hydrogens is 316 g/mol. The Kier molecular flexibility index (Phi) is 4.16. The van der Waals surface area contributed by atoms with Crippen LogP contribution < -0.4 is 4.90 Å². The van der Waals surface area contributed by atoms with Gasteiger partial charge in [-0.1, -0.05) is 41.6 Å². The molecule has 1 aromatic carbocycles. The van der Waals surface area contributed by atoms with Crippen molar-refractivity contribution in [2.75, 3.05) is 31.1 Å². The van der Waals surface area contributed by atoms with E-state index in [2.05, 4.69) is 15.0 Å². The van der Waals surface area contributed by atoms with Gasteiger partial charge in [0.1, 0.15) is 5.82 Å². The summed E-state index contributed by atoms with van der Waals surface area (Å²) in [5.41, 5.74) is 1.26. The van der Waals surface area contributed by atoms with Crippen molar-refractivity contribution in [1.29, 1.82) is 0 Å². The van der Waals surface area contributed by atoms with E-state index in [4.69, 9.17) is 4.52 Å². The summed E-state index contributed by atoms with van der Waals surface area (Å²) in [4.78, 5) is 21.0. The number of piperazine rings is 1. The standard InChI is InChI=1S/C19H18N4O2/c24-19(16-14-17(25-21-16)15-6-2-1-3-7-15)23-12-10-22(11-13-23)18-8-4-5-9-20-18/h1-9,14H,10-13H2. The highest BCUT2D eigenvalue weighted by atomic mass is 16.5. The van der Waals surface area contributed by atoms with Crippen LogP contribution in [0.15, 0.2) is 65.3 Å². The predicted octanol–water partition coefficient (Wildman–Crippen LogP) is 2.70. The van der Waals surface area contributed by atoms with Crippen LogP contribution in [0.2, 0.25) is 0 Å². The molecule has 1 fully saturated rings. The maximum Gasteiger partial charge on any atom is 0.276 e. The number of hydrogen-bond donors (Lipinski definition) is 0. The van der Waals surface area contributed by atoms with Crippen molar-refractivity contribution >= 4 is 11.7 Å². The van der Waals surface area contributed by atoms with E-state index in [0.29, 0.717) is 24.5 Å². The van der Waals surface area contributed by atoms with Crippen LogP contribution in [0.1, 0.15) is 10.5 Å². The summed E-state index contributed by atoms with van der Waals surface area (Å²) in [7, 11) is 0. The molecular formula is C19H18N4O2. The normalized spacial score (nSPS) is 14.6. The maximum absolute atomic E-state index is 12.7. The van der Waals surface area contributed by atoms with Gasteiger partial charge in [0.05, 0.1) is 0 Å². The number of rotatable bonds is 3. The van der Waals surface area contributed by atoms with Crippen LogP contribution in [-0.4, -0.2) is 47.1 Å². The molecule has 0 bridgehead atoms. The fourth-order valence-electron chi connectivity index (χ4n) is 2.96. The Morgan fingerprint density at radius 1 is 0.960 bits per heavy atom. The Hall–Kier alpha value is -3.15. The first-order valence-electron chi connectivity index (χ1n) is 8.29. The highest BCUT2D eigenvalue weighted by molar-refractivity contribution is 5.93. The smallest absolute Gasteiger partial charge is 0.276 e. The summed E-state index contributed by atoms with van der Waals surface area (Å²) < 4.78 is 5.34. The Labute approximate surface area is 145 Å². The summed E-state index contributed by atoms with van der Waals surface area (Å²) in [5, 5.41) is 3.95. The number of benzene rings is 1. The molecule has 1 aliphatic heterocycles. The molecule has 6 nitrogen and oxygen atoms in total. The van der Waals surface area contributed by atoms with E-state index in [-0.39, 0.29) is 5.91 Å². The van der Waals surface area contributed by atoms with Crippen LogP contribution in [0.5, 0.6) is 0 Å². The zero-order chi connectivity index (χ0) is 17.1. The van der Waals surface area contributed by atoms with Crippen molar-refractivity contribution in [3.8, 4) is 11.3 Å². The van der Waals surface area contributed by atoms with Crippen LogP contribution in [0.25, 0.3) is 11.3 Å². The first kappa shape index (κ1) is 15.4. The number of carbonyl (C=O) groups excluding carboxylic acids is 1. The first-order valence-corrected chi connectivity index (χ1v) is 8.29. The zero-order valence-corrected chi connectivity index (χ0v) is 13.7. The third-order valence-electron chi connectivity index (χ3n) is 4.33. The van der Waals surface area contributed by atoms with Crippen LogP contribution in [-0.2, 0) is 0 Å². The summed E-state index contributed by atoms with van der Waals surface area (Å²) in [6, 6.07) is 17.2. The number of carbonyl (C=O) groups is 1. The lowest BCUT2D eigenvalue weighted by molar-refractivity contribution is 0.0736. The second kappa shape index (κ2) is 6.76. The molecule has 0 N–H and O–H groups in total. The Balaban J connectivity index is 1.42. The highest BCUT2D eigenvalue weighted by Crippen LogP contribution is 2.21.